The van der Waals surface area contributed by atoms with Crippen LogP contribution < -0.4 is 0 Å². The molecule has 0 aliphatic carbocycles. The second-order valence-corrected chi connectivity index (χ2v) is 6.07. The van der Waals surface area contributed by atoms with E-state index in [-0.39, 0.29) is 0 Å². The summed E-state index contributed by atoms with van der Waals surface area (Å²) in [7, 11) is 0. The molecule has 1 aliphatic heterocycles. The molecule has 2 aromatic rings. The average molecular weight is 293 g/mol. The van der Waals surface area contributed by atoms with E-state index in [1.165, 1.54) is 11.2 Å². The second-order valence-electron chi connectivity index (χ2n) is 5.66. The third-order valence-corrected chi connectivity index (χ3v) is 4.25. The number of rotatable bonds is 3. The van der Waals surface area contributed by atoms with Crippen LogP contribution in [0.15, 0.2) is 24.3 Å². The van der Waals surface area contributed by atoms with Gasteiger partial charge in [-0.05, 0) is 32.0 Å². The van der Waals surface area contributed by atoms with E-state index in [0.29, 0.717) is 6.04 Å². The maximum absolute atomic E-state index is 6.34. The van der Waals surface area contributed by atoms with Gasteiger partial charge in [-0.3, -0.25) is 4.90 Å². The van der Waals surface area contributed by atoms with Crippen LogP contribution in [0.4, 0.5) is 0 Å². The molecule has 2 heterocycles. The summed E-state index contributed by atoms with van der Waals surface area (Å²) >= 11 is 6.34. The average Bonchev–Trinajstić information content (AvgIpc) is 2.79. The quantitative estimate of drug-likeness (QED) is 0.858. The molecule has 20 heavy (non-hydrogen) atoms. The molecule has 0 N–H and O–H groups in total. The van der Waals surface area contributed by atoms with Crippen molar-refractivity contribution in [1.82, 2.24) is 9.47 Å². The Bertz CT molecular complexity index is 600. The van der Waals surface area contributed by atoms with Gasteiger partial charge in [-0.2, -0.15) is 0 Å². The van der Waals surface area contributed by atoms with Crippen molar-refractivity contribution in [2.24, 2.45) is 0 Å². The molecular weight excluding hydrogens is 272 g/mol. The lowest BCUT2D eigenvalue weighted by molar-refractivity contribution is 0.0331. The Morgan fingerprint density at radius 2 is 2.00 bits per heavy atom. The van der Waals surface area contributed by atoms with Crippen molar-refractivity contribution < 1.29 is 4.74 Å². The highest BCUT2D eigenvalue weighted by Gasteiger charge is 2.17. The van der Waals surface area contributed by atoms with Crippen LogP contribution in [0.2, 0.25) is 5.02 Å². The van der Waals surface area contributed by atoms with Crippen LogP contribution in [0.25, 0.3) is 10.9 Å². The number of fused-ring (bicyclic) bond motifs is 1. The molecule has 0 unspecified atom stereocenters. The van der Waals surface area contributed by atoms with Gasteiger partial charge in [0.25, 0.3) is 0 Å². The van der Waals surface area contributed by atoms with E-state index in [0.717, 1.165) is 43.3 Å². The minimum absolute atomic E-state index is 0.432. The molecule has 1 fully saturated rings. The summed E-state index contributed by atoms with van der Waals surface area (Å²) in [5, 5.41) is 2.00. The van der Waals surface area contributed by atoms with Gasteiger partial charge in [0.05, 0.1) is 13.2 Å². The molecule has 0 spiro atoms. The predicted octanol–water partition coefficient (Wildman–Crippen LogP) is 3.71. The molecule has 0 radical (unpaired) electrons. The van der Waals surface area contributed by atoms with Gasteiger partial charge in [-0.1, -0.05) is 17.7 Å². The fourth-order valence-corrected chi connectivity index (χ4v) is 3.21. The first-order valence-electron chi connectivity index (χ1n) is 7.25. The molecule has 1 aromatic carbocycles. The first-order valence-corrected chi connectivity index (χ1v) is 7.63. The number of nitrogens with zero attached hydrogens (tertiary/aromatic N) is 2. The third kappa shape index (κ3) is 2.58. The Kier molecular flexibility index (Phi) is 4.01. The zero-order valence-electron chi connectivity index (χ0n) is 12.1. The topological polar surface area (TPSA) is 17.4 Å². The van der Waals surface area contributed by atoms with Crippen molar-refractivity contribution in [2.45, 2.75) is 26.4 Å². The predicted molar refractivity (Wildman–Crippen MR) is 83.4 cm³/mol. The summed E-state index contributed by atoms with van der Waals surface area (Å²) in [5.41, 5.74) is 2.57. The van der Waals surface area contributed by atoms with Gasteiger partial charge in [-0.25, -0.2) is 0 Å². The van der Waals surface area contributed by atoms with Crippen LogP contribution in [0.5, 0.6) is 0 Å². The van der Waals surface area contributed by atoms with Crippen molar-refractivity contribution in [1.29, 1.82) is 0 Å². The minimum atomic E-state index is 0.432. The van der Waals surface area contributed by atoms with Crippen molar-refractivity contribution in [3.8, 4) is 0 Å². The summed E-state index contributed by atoms with van der Waals surface area (Å²) < 4.78 is 7.82. The monoisotopic (exact) mass is 292 g/mol. The first kappa shape index (κ1) is 13.9. The lowest BCUT2D eigenvalue weighted by atomic mass is 10.2. The summed E-state index contributed by atoms with van der Waals surface area (Å²) in [6.07, 6.45) is 0. The van der Waals surface area contributed by atoms with Gasteiger partial charge in [0, 0.05) is 47.3 Å². The fourth-order valence-electron chi connectivity index (χ4n) is 2.99. The van der Waals surface area contributed by atoms with Crippen molar-refractivity contribution in [2.75, 3.05) is 26.3 Å². The van der Waals surface area contributed by atoms with E-state index in [1.807, 2.05) is 12.1 Å². The molecule has 1 aliphatic rings. The Morgan fingerprint density at radius 3 is 2.70 bits per heavy atom. The number of hydrogen-bond acceptors (Lipinski definition) is 2. The van der Waals surface area contributed by atoms with Crippen molar-refractivity contribution in [3.63, 3.8) is 0 Å². The molecule has 0 bridgehead atoms. The largest absolute Gasteiger partial charge is 0.379 e. The number of hydrogen-bond donors (Lipinski definition) is 0. The van der Waals surface area contributed by atoms with Crippen LogP contribution in [0, 0.1) is 0 Å². The highest BCUT2D eigenvalue weighted by molar-refractivity contribution is 6.35. The number of benzene rings is 1. The number of morpholine rings is 1. The van der Waals surface area contributed by atoms with Gasteiger partial charge in [0.2, 0.25) is 0 Å². The van der Waals surface area contributed by atoms with Gasteiger partial charge in [0.15, 0.2) is 0 Å². The van der Waals surface area contributed by atoms with Crippen molar-refractivity contribution in [3.05, 3.63) is 35.0 Å². The molecule has 3 nitrogen and oxygen atoms in total. The zero-order valence-corrected chi connectivity index (χ0v) is 12.9. The normalized spacial score (nSPS) is 17.2. The molecule has 1 saturated heterocycles. The maximum Gasteiger partial charge on any atom is 0.0594 e. The van der Waals surface area contributed by atoms with Gasteiger partial charge < -0.3 is 9.30 Å². The lowest BCUT2D eigenvalue weighted by Gasteiger charge is -2.27. The van der Waals surface area contributed by atoms with Crippen LogP contribution >= 0.6 is 11.6 Å². The highest BCUT2D eigenvalue weighted by atomic mass is 35.5. The summed E-state index contributed by atoms with van der Waals surface area (Å²) in [5.74, 6) is 0. The molecule has 0 amide bonds. The summed E-state index contributed by atoms with van der Waals surface area (Å²) in [6, 6.07) is 8.83. The highest BCUT2D eigenvalue weighted by Crippen LogP contribution is 2.30. The van der Waals surface area contributed by atoms with Gasteiger partial charge >= 0.3 is 0 Å². The molecular formula is C16H21ClN2O. The van der Waals surface area contributed by atoms with E-state index in [4.69, 9.17) is 16.3 Å². The Hall–Kier alpha value is -1.03. The summed E-state index contributed by atoms with van der Waals surface area (Å²) in [6.45, 7) is 9.10. The van der Waals surface area contributed by atoms with Crippen LogP contribution in [-0.2, 0) is 11.3 Å². The standard InChI is InChI=1S/C16H21ClN2O/c1-12(2)19-13(11-18-6-8-20-9-7-18)10-14-15(17)4-3-5-16(14)19/h3-5,10,12H,6-9,11H2,1-2H3. The molecule has 108 valence electrons. The first-order chi connectivity index (χ1) is 9.66. The molecule has 3 rings (SSSR count). The Morgan fingerprint density at radius 1 is 1.25 bits per heavy atom. The molecule has 0 saturated carbocycles. The Labute approximate surface area is 125 Å². The fraction of sp³-hybridized carbons (Fsp3) is 0.500. The lowest BCUT2D eigenvalue weighted by Crippen LogP contribution is -2.36. The SMILES string of the molecule is CC(C)n1c(CN2CCOCC2)cc2c(Cl)cccc21. The number of ether oxygens (including phenoxy) is 1. The second kappa shape index (κ2) is 5.76. The smallest absolute Gasteiger partial charge is 0.0594 e. The van der Waals surface area contributed by atoms with E-state index in [2.05, 4.69) is 35.4 Å². The molecule has 1 aromatic heterocycles. The number of halogens is 1. The molecule has 0 atom stereocenters. The van der Waals surface area contributed by atoms with Crippen LogP contribution in [-0.4, -0.2) is 35.8 Å². The van der Waals surface area contributed by atoms with Gasteiger partial charge in [0.1, 0.15) is 0 Å². The van der Waals surface area contributed by atoms with E-state index >= 15 is 0 Å². The van der Waals surface area contributed by atoms with E-state index in [9.17, 15) is 0 Å². The maximum atomic E-state index is 6.34. The van der Waals surface area contributed by atoms with E-state index in [1.54, 1.807) is 0 Å². The van der Waals surface area contributed by atoms with Crippen LogP contribution in [0.3, 0.4) is 0 Å². The Balaban J connectivity index is 2.00. The third-order valence-electron chi connectivity index (χ3n) is 3.92. The minimum Gasteiger partial charge on any atom is -0.379 e. The van der Waals surface area contributed by atoms with Crippen LogP contribution in [0.1, 0.15) is 25.6 Å². The van der Waals surface area contributed by atoms with Gasteiger partial charge in [-0.15, -0.1) is 0 Å². The summed E-state index contributed by atoms with van der Waals surface area (Å²) in [4.78, 5) is 2.45. The molecule has 4 heteroatoms. The van der Waals surface area contributed by atoms with E-state index < -0.39 is 0 Å². The van der Waals surface area contributed by atoms with Crippen molar-refractivity contribution >= 4 is 22.5 Å². The number of aromatic nitrogens is 1. The zero-order chi connectivity index (χ0) is 14.1.